The molecule has 1 unspecified atom stereocenters. The number of carbonyl (C=O) groups excluding carboxylic acids is 4. The Balaban J connectivity index is 4.72. The fourth-order valence-electron chi connectivity index (χ4n) is 1.44. The van der Waals surface area contributed by atoms with Gasteiger partial charge >= 0.3 is 17.9 Å². The Kier molecular flexibility index (Phi) is 8.98. The minimum Gasteiger partial charge on any atom is -0.466 e. The summed E-state index contributed by atoms with van der Waals surface area (Å²) >= 11 is 0. The van der Waals surface area contributed by atoms with Crippen molar-refractivity contribution in [3.05, 3.63) is 0 Å². The van der Waals surface area contributed by atoms with Gasteiger partial charge < -0.3 is 14.2 Å². The topological polar surface area (TPSA) is 96.0 Å². The number of hydrogen-bond acceptors (Lipinski definition) is 7. The van der Waals surface area contributed by atoms with Crippen LogP contribution in [0.25, 0.3) is 0 Å². The third-order valence-corrected chi connectivity index (χ3v) is 2.31. The van der Waals surface area contributed by atoms with E-state index in [0.29, 0.717) is 0 Å². The van der Waals surface area contributed by atoms with Crippen LogP contribution in [0.2, 0.25) is 0 Å². The molecule has 0 saturated heterocycles. The molecule has 0 aromatic heterocycles. The largest absolute Gasteiger partial charge is 0.466 e. The Hall–Kier alpha value is -1.92. The van der Waals surface area contributed by atoms with Gasteiger partial charge in [-0.3, -0.25) is 14.4 Å². The molecule has 0 fully saturated rings. The lowest BCUT2D eigenvalue weighted by Crippen LogP contribution is -2.33. The molecule has 7 nitrogen and oxygen atoms in total. The summed E-state index contributed by atoms with van der Waals surface area (Å²) in [5.74, 6) is -4.82. The maximum atomic E-state index is 11.8. The maximum Gasteiger partial charge on any atom is 0.375 e. The number of carbonyl (C=O) groups is 4. The summed E-state index contributed by atoms with van der Waals surface area (Å²) in [5, 5.41) is 0. The summed E-state index contributed by atoms with van der Waals surface area (Å²) in [6, 6.07) is 0. The number of rotatable bonds is 9. The predicted molar refractivity (Wildman–Crippen MR) is 67.6 cm³/mol. The molecule has 0 rings (SSSR count). The first-order chi connectivity index (χ1) is 9.47. The molecule has 0 spiro atoms. The molecule has 0 N–H and O–H groups in total. The maximum absolute atomic E-state index is 11.8. The molecule has 0 aromatic rings. The smallest absolute Gasteiger partial charge is 0.375 e. The van der Waals surface area contributed by atoms with Crippen LogP contribution in [0.5, 0.6) is 0 Å². The zero-order chi connectivity index (χ0) is 15.5. The standard InChI is InChI=1S/C13H20O7/c1-4-18-10(14)8-7-9(12(16)19-5-2)11(15)13(17)20-6-3/h9H,4-8H2,1-3H3. The fraction of sp³-hybridized carbons (Fsp3) is 0.692. The van der Waals surface area contributed by atoms with Crippen molar-refractivity contribution in [3.8, 4) is 0 Å². The average Bonchev–Trinajstić information content (AvgIpc) is 2.39. The van der Waals surface area contributed by atoms with Gasteiger partial charge in [-0.05, 0) is 27.2 Å². The van der Waals surface area contributed by atoms with E-state index in [9.17, 15) is 19.2 Å². The third kappa shape index (κ3) is 6.31. The van der Waals surface area contributed by atoms with Crippen molar-refractivity contribution < 1.29 is 33.4 Å². The second-order valence-electron chi connectivity index (χ2n) is 3.73. The van der Waals surface area contributed by atoms with E-state index in [2.05, 4.69) is 4.74 Å². The number of esters is 3. The zero-order valence-corrected chi connectivity index (χ0v) is 12.0. The highest BCUT2D eigenvalue weighted by atomic mass is 16.5. The SMILES string of the molecule is CCOC(=O)CCC(C(=O)OCC)C(=O)C(=O)OCC. The van der Waals surface area contributed by atoms with Gasteiger partial charge in [-0.2, -0.15) is 0 Å². The van der Waals surface area contributed by atoms with E-state index in [0.717, 1.165) is 0 Å². The highest BCUT2D eigenvalue weighted by molar-refractivity contribution is 6.37. The lowest BCUT2D eigenvalue weighted by atomic mass is 9.98. The minimum absolute atomic E-state index is 0.0258. The molecular formula is C13H20O7. The van der Waals surface area contributed by atoms with Gasteiger partial charge in [0.05, 0.1) is 19.8 Å². The molecule has 0 heterocycles. The zero-order valence-electron chi connectivity index (χ0n) is 12.0. The summed E-state index contributed by atoms with van der Waals surface area (Å²) in [7, 11) is 0. The van der Waals surface area contributed by atoms with E-state index in [1.165, 1.54) is 0 Å². The highest BCUT2D eigenvalue weighted by Gasteiger charge is 2.34. The van der Waals surface area contributed by atoms with Crippen molar-refractivity contribution in [2.45, 2.75) is 33.6 Å². The van der Waals surface area contributed by atoms with E-state index in [4.69, 9.17) is 9.47 Å². The summed E-state index contributed by atoms with van der Waals surface area (Å²) in [6.07, 6.45) is -0.294. The van der Waals surface area contributed by atoms with Gasteiger partial charge in [0.1, 0.15) is 5.92 Å². The molecule has 0 aromatic carbocycles. The molecule has 114 valence electrons. The number of hydrogen-bond donors (Lipinski definition) is 0. The van der Waals surface area contributed by atoms with Crippen molar-refractivity contribution >= 4 is 23.7 Å². The van der Waals surface area contributed by atoms with Gasteiger partial charge in [-0.15, -0.1) is 0 Å². The predicted octanol–water partition coefficient (Wildman–Crippen LogP) is 0.641. The fourth-order valence-corrected chi connectivity index (χ4v) is 1.44. The molecule has 0 aliphatic carbocycles. The molecule has 7 heteroatoms. The third-order valence-electron chi connectivity index (χ3n) is 2.31. The Morgan fingerprint density at radius 3 is 1.90 bits per heavy atom. The lowest BCUT2D eigenvalue weighted by Gasteiger charge is -2.13. The van der Waals surface area contributed by atoms with Crippen molar-refractivity contribution in [3.63, 3.8) is 0 Å². The normalized spacial score (nSPS) is 11.3. The van der Waals surface area contributed by atoms with Gasteiger partial charge in [0.15, 0.2) is 0 Å². The second kappa shape index (κ2) is 9.94. The Bertz CT molecular complexity index is 362. The van der Waals surface area contributed by atoms with Gasteiger partial charge in [0, 0.05) is 6.42 Å². The summed E-state index contributed by atoms with van der Waals surface area (Å²) in [6.45, 7) is 5.07. The van der Waals surface area contributed by atoms with Crippen LogP contribution in [0.15, 0.2) is 0 Å². The number of ether oxygens (including phenoxy) is 3. The second-order valence-corrected chi connectivity index (χ2v) is 3.73. The number of ketones is 1. The molecule has 0 radical (unpaired) electrons. The van der Waals surface area contributed by atoms with Gasteiger partial charge in [-0.1, -0.05) is 0 Å². The van der Waals surface area contributed by atoms with E-state index >= 15 is 0 Å². The van der Waals surface area contributed by atoms with Crippen LogP contribution >= 0.6 is 0 Å². The minimum atomic E-state index is -1.33. The quantitative estimate of drug-likeness (QED) is 0.266. The monoisotopic (exact) mass is 288 g/mol. The Morgan fingerprint density at radius 1 is 0.850 bits per heavy atom. The van der Waals surface area contributed by atoms with Crippen molar-refractivity contribution in [2.75, 3.05) is 19.8 Å². The van der Waals surface area contributed by atoms with E-state index < -0.39 is 29.6 Å². The van der Waals surface area contributed by atoms with Crippen LogP contribution in [-0.2, 0) is 33.4 Å². The molecule has 0 amide bonds. The highest BCUT2D eigenvalue weighted by Crippen LogP contribution is 2.12. The molecule has 0 aliphatic rings. The number of Topliss-reactive ketones (excluding diaryl/α,β-unsaturated/α-hetero) is 1. The van der Waals surface area contributed by atoms with Gasteiger partial charge in [0.25, 0.3) is 5.78 Å². The molecular weight excluding hydrogens is 268 g/mol. The van der Waals surface area contributed by atoms with Gasteiger partial charge in [-0.25, -0.2) is 4.79 Å². The van der Waals surface area contributed by atoms with E-state index in [1.807, 2.05) is 0 Å². The first kappa shape index (κ1) is 18.1. The summed E-state index contributed by atoms with van der Waals surface area (Å²) in [5.41, 5.74) is 0. The molecule has 0 aliphatic heterocycles. The van der Waals surface area contributed by atoms with Crippen molar-refractivity contribution in [1.82, 2.24) is 0 Å². The van der Waals surface area contributed by atoms with Gasteiger partial charge in [0.2, 0.25) is 0 Å². The van der Waals surface area contributed by atoms with Crippen molar-refractivity contribution in [2.24, 2.45) is 5.92 Å². The Morgan fingerprint density at radius 2 is 1.40 bits per heavy atom. The van der Waals surface area contributed by atoms with Crippen LogP contribution in [0.1, 0.15) is 33.6 Å². The average molecular weight is 288 g/mol. The summed E-state index contributed by atoms with van der Waals surface area (Å²) in [4.78, 5) is 46.1. The molecule has 1 atom stereocenters. The molecule has 20 heavy (non-hydrogen) atoms. The first-order valence-electron chi connectivity index (χ1n) is 6.51. The van der Waals surface area contributed by atoms with Crippen LogP contribution < -0.4 is 0 Å². The molecule has 0 bridgehead atoms. The van der Waals surface area contributed by atoms with E-state index in [-0.39, 0.29) is 32.7 Å². The molecule has 0 saturated carbocycles. The Labute approximate surface area is 117 Å². The van der Waals surface area contributed by atoms with E-state index in [1.54, 1.807) is 20.8 Å². The van der Waals surface area contributed by atoms with Crippen LogP contribution in [0.3, 0.4) is 0 Å². The summed E-state index contributed by atoms with van der Waals surface area (Å²) < 4.78 is 14.0. The van der Waals surface area contributed by atoms with Crippen LogP contribution in [0.4, 0.5) is 0 Å². The van der Waals surface area contributed by atoms with Crippen LogP contribution in [-0.4, -0.2) is 43.5 Å². The van der Waals surface area contributed by atoms with Crippen LogP contribution in [0, 0.1) is 5.92 Å². The van der Waals surface area contributed by atoms with Crippen molar-refractivity contribution in [1.29, 1.82) is 0 Å². The lowest BCUT2D eigenvalue weighted by molar-refractivity contribution is -0.162. The first-order valence-corrected chi connectivity index (χ1v) is 6.51.